The first kappa shape index (κ1) is 24.1. The van der Waals surface area contributed by atoms with Gasteiger partial charge in [-0.2, -0.15) is 0 Å². The fraction of sp³-hybridized carbons (Fsp3) is 0.179. The predicted octanol–water partition coefficient (Wildman–Crippen LogP) is 3.82. The molecule has 0 unspecified atom stereocenters. The number of allylic oxidation sites excluding steroid dienone is 1. The maximum absolute atomic E-state index is 12.6. The summed E-state index contributed by atoms with van der Waals surface area (Å²) < 4.78 is 0. The number of pyridine rings is 1. The summed E-state index contributed by atoms with van der Waals surface area (Å²) in [7, 11) is 0. The van der Waals surface area contributed by atoms with Gasteiger partial charge in [0.05, 0.1) is 5.69 Å². The fourth-order valence-corrected chi connectivity index (χ4v) is 3.92. The number of carbonyl (C=O) groups is 2. The monoisotopic (exact) mass is 468 g/mol. The minimum Gasteiger partial charge on any atom is -0.369 e. The van der Waals surface area contributed by atoms with Gasteiger partial charge in [-0.05, 0) is 59.7 Å². The minimum atomic E-state index is -0.627. The van der Waals surface area contributed by atoms with Crippen LogP contribution in [0.2, 0.25) is 0 Å². The Balaban J connectivity index is 1.28. The van der Waals surface area contributed by atoms with Gasteiger partial charge in [0.15, 0.2) is 5.78 Å². The Hall–Kier alpha value is -4.07. The zero-order valence-electron chi connectivity index (χ0n) is 19.4. The lowest BCUT2D eigenvalue weighted by Gasteiger charge is -2.36. The molecule has 1 aliphatic heterocycles. The zero-order valence-corrected chi connectivity index (χ0v) is 19.4. The van der Waals surface area contributed by atoms with E-state index in [1.54, 1.807) is 24.4 Å². The van der Waals surface area contributed by atoms with E-state index in [2.05, 4.69) is 39.0 Å². The molecule has 3 aromatic rings. The van der Waals surface area contributed by atoms with Crippen molar-refractivity contribution in [1.29, 1.82) is 0 Å². The molecular formula is C28H28N4O3. The number of rotatable bonds is 8. The van der Waals surface area contributed by atoms with Crippen LogP contribution in [0.25, 0.3) is 12.2 Å². The number of nitrogens with zero attached hydrogens (tertiary/aromatic N) is 3. The summed E-state index contributed by atoms with van der Waals surface area (Å²) in [6.07, 6.45) is 7.51. The highest BCUT2D eigenvalue weighted by molar-refractivity contribution is 6.07. The van der Waals surface area contributed by atoms with Gasteiger partial charge in [-0.15, -0.1) is 0 Å². The van der Waals surface area contributed by atoms with Crippen molar-refractivity contribution in [1.82, 2.24) is 15.4 Å². The molecule has 1 aliphatic rings. The molecular weight excluding hydrogens is 440 g/mol. The van der Waals surface area contributed by atoms with E-state index in [0.29, 0.717) is 11.3 Å². The SMILES string of the molecule is O=C(/C=C/c1ccc(/C=C/C(=O)c2ccc(N3CCN(Cc4ccccc4)CC3)cc2)cn1)NO. The van der Waals surface area contributed by atoms with Crippen molar-refractivity contribution in [3.8, 4) is 0 Å². The topological polar surface area (TPSA) is 85.8 Å². The van der Waals surface area contributed by atoms with Gasteiger partial charge in [-0.3, -0.25) is 24.7 Å². The molecule has 1 fully saturated rings. The summed E-state index contributed by atoms with van der Waals surface area (Å²) >= 11 is 0. The predicted molar refractivity (Wildman–Crippen MR) is 137 cm³/mol. The lowest BCUT2D eigenvalue weighted by atomic mass is 10.1. The van der Waals surface area contributed by atoms with E-state index in [0.717, 1.165) is 44.0 Å². The molecule has 7 nitrogen and oxygen atoms in total. The third-order valence-electron chi connectivity index (χ3n) is 5.89. The van der Waals surface area contributed by atoms with Crippen LogP contribution in [0, 0.1) is 0 Å². The average Bonchev–Trinajstić information content (AvgIpc) is 2.92. The molecule has 1 aromatic heterocycles. The molecule has 1 saturated heterocycles. The van der Waals surface area contributed by atoms with E-state index in [1.165, 1.54) is 29.3 Å². The number of carbonyl (C=O) groups excluding carboxylic acids is 2. The Morgan fingerprint density at radius 3 is 2.29 bits per heavy atom. The summed E-state index contributed by atoms with van der Waals surface area (Å²) in [5.74, 6) is -0.703. The number of ketones is 1. The maximum Gasteiger partial charge on any atom is 0.267 e. The van der Waals surface area contributed by atoms with Crippen LogP contribution in [-0.2, 0) is 11.3 Å². The van der Waals surface area contributed by atoms with Crippen LogP contribution in [0.4, 0.5) is 5.69 Å². The van der Waals surface area contributed by atoms with E-state index in [9.17, 15) is 9.59 Å². The lowest BCUT2D eigenvalue weighted by molar-refractivity contribution is -0.124. The van der Waals surface area contributed by atoms with Crippen LogP contribution in [-0.4, -0.2) is 53.0 Å². The molecule has 0 bridgehead atoms. The van der Waals surface area contributed by atoms with Gasteiger partial charge in [0.1, 0.15) is 0 Å². The second-order valence-corrected chi connectivity index (χ2v) is 8.32. The van der Waals surface area contributed by atoms with Crippen molar-refractivity contribution in [2.24, 2.45) is 0 Å². The highest BCUT2D eigenvalue weighted by Crippen LogP contribution is 2.19. The Kier molecular flexibility index (Phi) is 8.17. The second kappa shape index (κ2) is 11.9. The van der Waals surface area contributed by atoms with Crippen LogP contribution in [0.15, 0.2) is 85.1 Å². The molecule has 4 rings (SSSR count). The Labute approximate surface area is 205 Å². The number of hydrogen-bond donors (Lipinski definition) is 2. The van der Waals surface area contributed by atoms with Crippen molar-refractivity contribution < 1.29 is 14.8 Å². The number of anilines is 1. The average molecular weight is 469 g/mol. The summed E-state index contributed by atoms with van der Waals surface area (Å²) in [6.45, 7) is 4.92. The maximum atomic E-state index is 12.6. The van der Waals surface area contributed by atoms with Crippen molar-refractivity contribution in [2.75, 3.05) is 31.1 Å². The van der Waals surface area contributed by atoms with Gasteiger partial charge in [0.2, 0.25) is 0 Å². The summed E-state index contributed by atoms with van der Waals surface area (Å²) in [6, 6.07) is 21.8. The summed E-state index contributed by atoms with van der Waals surface area (Å²) in [5.41, 5.74) is 5.96. The van der Waals surface area contributed by atoms with Crippen molar-refractivity contribution in [3.05, 3.63) is 107 Å². The van der Waals surface area contributed by atoms with Gasteiger partial charge in [-0.1, -0.05) is 36.4 Å². The largest absolute Gasteiger partial charge is 0.369 e. The standard InChI is InChI=1S/C28H28N4O3/c33-27(14-7-22-6-10-25(29-20-22)11-15-28(34)30-35)24-8-12-26(13-9-24)32-18-16-31(17-19-32)21-23-4-2-1-3-5-23/h1-15,20,35H,16-19,21H2,(H,30,34)/b14-7+,15-11+. The molecule has 35 heavy (non-hydrogen) atoms. The van der Waals surface area contributed by atoms with Gasteiger partial charge in [0, 0.05) is 56.2 Å². The van der Waals surface area contributed by atoms with Gasteiger partial charge in [0.25, 0.3) is 5.91 Å². The first-order valence-corrected chi connectivity index (χ1v) is 11.5. The van der Waals surface area contributed by atoms with E-state index in [-0.39, 0.29) is 5.78 Å². The molecule has 0 atom stereocenters. The number of aromatic nitrogens is 1. The minimum absolute atomic E-state index is 0.0761. The third-order valence-corrected chi connectivity index (χ3v) is 5.89. The van der Waals surface area contributed by atoms with E-state index in [1.807, 2.05) is 30.3 Å². The number of benzene rings is 2. The zero-order chi connectivity index (χ0) is 24.5. The number of hydrogen-bond acceptors (Lipinski definition) is 6. The number of hydroxylamine groups is 1. The normalized spacial score (nSPS) is 14.5. The van der Waals surface area contributed by atoms with Gasteiger partial charge in [-0.25, -0.2) is 5.48 Å². The molecule has 0 saturated carbocycles. The van der Waals surface area contributed by atoms with E-state index in [4.69, 9.17) is 5.21 Å². The van der Waals surface area contributed by atoms with Crippen LogP contribution in [0.5, 0.6) is 0 Å². The second-order valence-electron chi connectivity index (χ2n) is 8.32. The first-order chi connectivity index (χ1) is 17.1. The molecule has 7 heteroatoms. The van der Waals surface area contributed by atoms with Crippen LogP contribution in [0.1, 0.15) is 27.2 Å². The highest BCUT2D eigenvalue weighted by atomic mass is 16.5. The Morgan fingerprint density at radius 2 is 1.63 bits per heavy atom. The number of piperazine rings is 1. The Bertz CT molecular complexity index is 1180. The van der Waals surface area contributed by atoms with E-state index >= 15 is 0 Å². The summed E-state index contributed by atoms with van der Waals surface area (Å²) in [4.78, 5) is 32.7. The van der Waals surface area contributed by atoms with Crippen LogP contribution in [0.3, 0.4) is 0 Å². The molecule has 2 N–H and O–H groups in total. The van der Waals surface area contributed by atoms with Crippen LogP contribution >= 0.6 is 0 Å². The van der Waals surface area contributed by atoms with E-state index < -0.39 is 5.91 Å². The number of nitrogens with one attached hydrogen (secondary N) is 1. The molecule has 2 heterocycles. The van der Waals surface area contributed by atoms with Crippen molar-refractivity contribution in [3.63, 3.8) is 0 Å². The smallest absolute Gasteiger partial charge is 0.267 e. The highest BCUT2D eigenvalue weighted by Gasteiger charge is 2.17. The molecule has 178 valence electrons. The lowest BCUT2D eigenvalue weighted by Crippen LogP contribution is -2.45. The molecule has 0 radical (unpaired) electrons. The van der Waals surface area contributed by atoms with Crippen molar-refractivity contribution >= 4 is 29.5 Å². The first-order valence-electron chi connectivity index (χ1n) is 11.5. The van der Waals surface area contributed by atoms with Crippen LogP contribution < -0.4 is 10.4 Å². The molecule has 0 aliphatic carbocycles. The fourth-order valence-electron chi connectivity index (χ4n) is 3.92. The van der Waals surface area contributed by atoms with Gasteiger partial charge >= 0.3 is 0 Å². The quantitative estimate of drug-likeness (QED) is 0.226. The van der Waals surface area contributed by atoms with Gasteiger partial charge < -0.3 is 4.90 Å². The van der Waals surface area contributed by atoms with Crippen molar-refractivity contribution in [2.45, 2.75) is 6.54 Å². The summed E-state index contributed by atoms with van der Waals surface area (Å²) in [5, 5.41) is 8.49. The molecule has 0 spiro atoms. The molecule has 1 amide bonds. The molecule has 2 aromatic carbocycles. The number of amides is 1. The Morgan fingerprint density at radius 1 is 0.886 bits per heavy atom. The third kappa shape index (κ3) is 6.96.